The van der Waals surface area contributed by atoms with E-state index in [2.05, 4.69) is 6.92 Å². The molecule has 0 saturated heterocycles. The highest BCUT2D eigenvalue weighted by Gasteiger charge is 2.41. The van der Waals surface area contributed by atoms with Crippen LogP contribution in [0.4, 0.5) is 0 Å². The van der Waals surface area contributed by atoms with Gasteiger partial charge in [0.25, 0.3) is 0 Å². The maximum Gasteiger partial charge on any atom is 0.303 e. The number of carboxylic acid groups (broad SMARTS) is 1. The highest BCUT2D eigenvalue weighted by Crippen LogP contribution is 2.35. The van der Waals surface area contributed by atoms with Gasteiger partial charge >= 0.3 is 5.97 Å². The number of aliphatic hydroxyl groups excluding tert-OH is 1. The molecule has 6 nitrogen and oxygen atoms in total. The fourth-order valence-electron chi connectivity index (χ4n) is 3.65. The van der Waals surface area contributed by atoms with Crippen molar-refractivity contribution in [3.8, 4) is 0 Å². The van der Waals surface area contributed by atoms with Crippen molar-refractivity contribution >= 4 is 23.3 Å². The molecule has 0 heterocycles. The summed E-state index contributed by atoms with van der Waals surface area (Å²) in [5.74, 6) is -1.71. The van der Waals surface area contributed by atoms with E-state index < -0.39 is 18.0 Å². The minimum atomic E-state index is -0.879. The molecular formula is C20H32O6. The fourth-order valence-corrected chi connectivity index (χ4v) is 3.65. The zero-order chi connectivity index (χ0) is 19.5. The summed E-state index contributed by atoms with van der Waals surface area (Å²) < 4.78 is 0. The first-order valence-corrected chi connectivity index (χ1v) is 9.81. The number of Topliss-reactive ketones (excluding diaryl/α,β-unsaturated/α-hetero) is 3. The van der Waals surface area contributed by atoms with Gasteiger partial charge in [-0.05, 0) is 31.6 Å². The molecule has 0 aromatic carbocycles. The summed E-state index contributed by atoms with van der Waals surface area (Å²) in [6.07, 6.45) is 4.92. The number of carboxylic acids is 1. The molecular weight excluding hydrogens is 336 g/mol. The Hall–Kier alpha value is -1.56. The summed E-state index contributed by atoms with van der Waals surface area (Å²) >= 11 is 0. The lowest BCUT2D eigenvalue weighted by Crippen LogP contribution is -2.24. The van der Waals surface area contributed by atoms with E-state index in [-0.39, 0.29) is 49.0 Å². The Balaban J connectivity index is 2.43. The molecule has 0 bridgehead atoms. The number of hydrogen-bond donors (Lipinski definition) is 2. The lowest BCUT2D eigenvalue weighted by molar-refractivity contribution is -0.137. The monoisotopic (exact) mass is 368 g/mol. The van der Waals surface area contributed by atoms with Gasteiger partial charge in [-0.2, -0.15) is 0 Å². The Morgan fingerprint density at radius 3 is 2.23 bits per heavy atom. The molecule has 1 aliphatic carbocycles. The Labute approximate surface area is 155 Å². The van der Waals surface area contributed by atoms with Gasteiger partial charge in [0.15, 0.2) is 0 Å². The van der Waals surface area contributed by atoms with E-state index in [1.165, 1.54) is 0 Å². The second-order valence-corrected chi connectivity index (χ2v) is 7.39. The van der Waals surface area contributed by atoms with E-state index in [1.54, 1.807) is 0 Å². The number of carbonyl (C=O) groups excluding carboxylic acids is 3. The molecule has 0 amide bonds. The predicted molar refractivity (Wildman–Crippen MR) is 96.7 cm³/mol. The minimum Gasteiger partial charge on any atom is -0.481 e. The van der Waals surface area contributed by atoms with Gasteiger partial charge in [0.1, 0.15) is 17.3 Å². The number of hydrogen-bond acceptors (Lipinski definition) is 5. The fraction of sp³-hybridized carbons (Fsp3) is 0.800. The van der Waals surface area contributed by atoms with Crippen molar-refractivity contribution in [1.29, 1.82) is 0 Å². The quantitative estimate of drug-likeness (QED) is 0.456. The van der Waals surface area contributed by atoms with Gasteiger partial charge in [-0.15, -0.1) is 0 Å². The van der Waals surface area contributed by atoms with Gasteiger partial charge in [-0.1, -0.05) is 19.8 Å². The number of ketones is 3. The number of aliphatic carboxylic acids is 1. The van der Waals surface area contributed by atoms with Crippen LogP contribution >= 0.6 is 0 Å². The predicted octanol–water partition coefficient (Wildman–Crippen LogP) is 3.09. The Kier molecular flexibility index (Phi) is 10.3. The van der Waals surface area contributed by atoms with Crippen molar-refractivity contribution in [2.45, 2.75) is 90.1 Å². The summed E-state index contributed by atoms with van der Waals surface area (Å²) in [4.78, 5) is 46.6. The molecule has 26 heavy (non-hydrogen) atoms. The smallest absolute Gasteiger partial charge is 0.303 e. The Morgan fingerprint density at radius 2 is 1.58 bits per heavy atom. The van der Waals surface area contributed by atoms with E-state index in [4.69, 9.17) is 5.11 Å². The van der Waals surface area contributed by atoms with Crippen LogP contribution < -0.4 is 0 Å². The average Bonchev–Trinajstić information content (AvgIpc) is 2.83. The van der Waals surface area contributed by atoms with Crippen LogP contribution in [0.3, 0.4) is 0 Å². The number of carbonyl (C=O) groups is 4. The number of unbranched alkanes of at least 4 members (excludes halogenated alkanes) is 3. The van der Waals surface area contributed by atoms with E-state index in [9.17, 15) is 24.3 Å². The number of rotatable bonds is 14. The normalized spacial score (nSPS) is 22.5. The van der Waals surface area contributed by atoms with Gasteiger partial charge in [-0.3, -0.25) is 19.2 Å². The molecule has 1 fully saturated rings. The Morgan fingerprint density at radius 1 is 0.962 bits per heavy atom. The molecule has 1 rings (SSSR count). The molecule has 1 aliphatic rings. The highest BCUT2D eigenvalue weighted by molar-refractivity contribution is 5.90. The lowest BCUT2D eigenvalue weighted by Gasteiger charge is -2.20. The van der Waals surface area contributed by atoms with Crippen molar-refractivity contribution in [3.05, 3.63) is 0 Å². The first kappa shape index (κ1) is 22.5. The maximum absolute atomic E-state index is 12.1. The average molecular weight is 368 g/mol. The topological polar surface area (TPSA) is 109 Å². The molecule has 0 aromatic heterocycles. The molecule has 1 saturated carbocycles. The second kappa shape index (κ2) is 11.9. The molecule has 0 aliphatic heterocycles. The van der Waals surface area contributed by atoms with Crippen LogP contribution in [0.1, 0.15) is 84.0 Å². The zero-order valence-corrected chi connectivity index (χ0v) is 15.7. The molecule has 0 radical (unpaired) electrons. The first-order valence-electron chi connectivity index (χ1n) is 9.81. The third kappa shape index (κ3) is 8.21. The molecule has 148 valence electrons. The van der Waals surface area contributed by atoms with Crippen molar-refractivity contribution in [3.63, 3.8) is 0 Å². The second-order valence-electron chi connectivity index (χ2n) is 7.39. The van der Waals surface area contributed by atoms with E-state index >= 15 is 0 Å². The molecule has 2 unspecified atom stereocenters. The molecule has 2 N–H and O–H groups in total. The van der Waals surface area contributed by atoms with Gasteiger partial charge in [0.2, 0.25) is 0 Å². The molecule has 0 spiro atoms. The van der Waals surface area contributed by atoms with Crippen molar-refractivity contribution in [2.24, 2.45) is 11.8 Å². The summed E-state index contributed by atoms with van der Waals surface area (Å²) in [5.41, 5.74) is 0. The van der Waals surface area contributed by atoms with Crippen LogP contribution in [0, 0.1) is 11.8 Å². The SMILES string of the molecule is CCCCCC(=O)CCC1C(O)CC(=O)[C@@H]1CC(=O)CCCCC(=O)O. The summed E-state index contributed by atoms with van der Waals surface area (Å²) in [6, 6.07) is 0. The third-order valence-corrected chi connectivity index (χ3v) is 5.19. The van der Waals surface area contributed by atoms with Gasteiger partial charge < -0.3 is 10.2 Å². The first-order chi connectivity index (χ1) is 12.3. The van der Waals surface area contributed by atoms with Gasteiger partial charge in [-0.25, -0.2) is 0 Å². The van der Waals surface area contributed by atoms with Gasteiger partial charge in [0, 0.05) is 44.4 Å². The van der Waals surface area contributed by atoms with E-state index in [0.717, 1.165) is 19.3 Å². The Bertz CT molecular complexity index is 499. The highest BCUT2D eigenvalue weighted by atomic mass is 16.4. The number of aliphatic hydroxyl groups is 1. The van der Waals surface area contributed by atoms with E-state index in [0.29, 0.717) is 32.1 Å². The van der Waals surface area contributed by atoms with E-state index in [1.807, 2.05) is 0 Å². The van der Waals surface area contributed by atoms with Crippen molar-refractivity contribution in [2.75, 3.05) is 0 Å². The van der Waals surface area contributed by atoms with Crippen LogP contribution in [0.5, 0.6) is 0 Å². The van der Waals surface area contributed by atoms with Gasteiger partial charge in [0.05, 0.1) is 6.10 Å². The minimum absolute atomic E-state index is 0.0388. The zero-order valence-electron chi connectivity index (χ0n) is 15.7. The summed E-state index contributed by atoms with van der Waals surface area (Å²) in [6.45, 7) is 2.08. The summed E-state index contributed by atoms with van der Waals surface area (Å²) in [5, 5.41) is 18.7. The van der Waals surface area contributed by atoms with Crippen LogP contribution in [-0.2, 0) is 19.2 Å². The maximum atomic E-state index is 12.1. The van der Waals surface area contributed by atoms with Crippen LogP contribution in [0.25, 0.3) is 0 Å². The third-order valence-electron chi connectivity index (χ3n) is 5.19. The summed E-state index contributed by atoms with van der Waals surface area (Å²) in [7, 11) is 0. The van der Waals surface area contributed by atoms with Crippen LogP contribution in [-0.4, -0.2) is 39.6 Å². The largest absolute Gasteiger partial charge is 0.481 e. The van der Waals surface area contributed by atoms with Crippen LogP contribution in [0.15, 0.2) is 0 Å². The van der Waals surface area contributed by atoms with Crippen molar-refractivity contribution < 1.29 is 29.4 Å². The standard InChI is InChI=1S/C20H32O6/c1-2-3-4-7-14(21)10-11-16-17(19(24)13-18(16)23)12-15(22)8-5-6-9-20(25)26/h16-18,23H,2-13H2,1H3,(H,25,26)/t16?,17-,18?/m1/s1. The van der Waals surface area contributed by atoms with Crippen LogP contribution in [0.2, 0.25) is 0 Å². The molecule has 3 atom stereocenters. The molecule has 6 heteroatoms. The molecule has 0 aromatic rings. The van der Waals surface area contributed by atoms with Crippen molar-refractivity contribution in [1.82, 2.24) is 0 Å². The lowest BCUT2D eigenvalue weighted by atomic mass is 9.84.